The van der Waals surface area contributed by atoms with E-state index >= 15 is 0 Å². The maximum absolute atomic E-state index is 12.4. The third kappa shape index (κ3) is 1.97. The summed E-state index contributed by atoms with van der Waals surface area (Å²) in [5, 5.41) is 2.79. The molecule has 82 valence electrons. The molecule has 0 radical (unpaired) electrons. The summed E-state index contributed by atoms with van der Waals surface area (Å²) in [4.78, 5) is 0. The molecule has 1 N–H and O–H groups in total. The van der Waals surface area contributed by atoms with Gasteiger partial charge in [0.1, 0.15) is 6.61 Å². The van der Waals surface area contributed by atoms with Crippen LogP contribution in [0.3, 0.4) is 0 Å². The maximum atomic E-state index is 12.4. The molecule has 1 aromatic rings. The fraction of sp³-hybridized carbons (Fsp3) is 0.333. The van der Waals surface area contributed by atoms with Crippen LogP contribution in [0.15, 0.2) is 12.1 Å². The number of ether oxygens (including phenoxy) is 1. The molecule has 0 aromatic heterocycles. The first kappa shape index (κ1) is 10.4. The van der Waals surface area contributed by atoms with Gasteiger partial charge in [-0.1, -0.05) is 11.6 Å². The lowest BCUT2D eigenvalue weighted by Crippen LogP contribution is -2.19. The molecule has 0 bridgehead atoms. The van der Waals surface area contributed by atoms with Crippen LogP contribution in [0.4, 0.5) is 18.9 Å². The number of anilines is 1. The Labute approximate surface area is 89.0 Å². The average molecular weight is 238 g/mol. The van der Waals surface area contributed by atoms with E-state index in [-0.39, 0.29) is 10.8 Å². The van der Waals surface area contributed by atoms with Crippen LogP contribution in [0.1, 0.15) is 5.56 Å². The molecule has 6 heteroatoms. The van der Waals surface area contributed by atoms with Crippen LogP contribution in [0.25, 0.3) is 0 Å². The summed E-state index contributed by atoms with van der Waals surface area (Å²) in [5.74, 6) is 0.288. The summed E-state index contributed by atoms with van der Waals surface area (Å²) in [7, 11) is 0. The van der Waals surface area contributed by atoms with E-state index in [4.69, 9.17) is 16.3 Å². The summed E-state index contributed by atoms with van der Waals surface area (Å²) < 4.78 is 42.4. The Kier molecular flexibility index (Phi) is 2.42. The third-order valence-electron chi connectivity index (χ3n) is 2.03. The van der Waals surface area contributed by atoms with Crippen molar-refractivity contribution in [3.8, 4) is 5.75 Å². The highest BCUT2D eigenvalue weighted by molar-refractivity contribution is 6.32. The lowest BCUT2D eigenvalue weighted by atomic mass is 10.1. The van der Waals surface area contributed by atoms with Gasteiger partial charge in [-0.3, -0.25) is 0 Å². The number of benzene rings is 1. The summed E-state index contributed by atoms with van der Waals surface area (Å²) in [6, 6.07) is 1.87. The van der Waals surface area contributed by atoms with E-state index in [0.29, 0.717) is 18.8 Å². The quantitative estimate of drug-likeness (QED) is 0.748. The number of alkyl halides is 3. The van der Waals surface area contributed by atoms with Crippen molar-refractivity contribution in [2.75, 3.05) is 18.5 Å². The van der Waals surface area contributed by atoms with Gasteiger partial charge in [-0.15, -0.1) is 0 Å². The van der Waals surface area contributed by atoms with Gasteiger partial charge in [-0.05, 0) is 12.1 Å². The second-order valence-electron chi connectivity index (χ2n) is 3.11. The Morgan fingerprint density at radius 1 is 1.33 bits per heavy atom. The van der Waals surface area contributed by atoms with E-state index in [1.807, 2.05) is 0 Å². The van der Waals surface area contributed by atoms with Crippen molar-refractivity contribution in [1.29, 1.82) is 0 Å². The highest BCUT2D eigenvalue weighted by Crippen LogP contribution is 2.41. The first-order chi connectivity index (χ1) is 6.98. The van der Waals surface area contributed by atoms with E-state index in [0.717, 1.165) is 12.1 Å². The molecule has 0 unspecified atom stereocenters. The Bertz CT molecular complexity index is 392. The molecule has 2 nitrogen and oxygen atoms in total. The van der Waals surface area contributed by atoms with Crippen LogP contribution in [0.5, 0.6) is 5.75 Å². The minimum Gasteiger partial charge on any atom is -0.488 e. The number of hydrogen-bond donors (Lipinski definition) is 1. The minimum absolute atomic E-state index is 0.0213. The SMILES string of the molecule is FC(F)(F)c1cc(Cl)c2c(c1)NCCO2. The molecule has 0 saturated heterocycles. The zero-order valence-electron chi connectivity index (χ0n) is 7.49. The maximum Gasteiger partial charge on any atom is 0.416 e. The van der Waals surface area contributed by atoms with Crippen molar-refractivity contribution in [1.82, 2.24) is 0 Å². The molecule has 1 aromatic carbocycles. The zero-order chi connectivity index (χ0) is 11.1. The minimum atomic E-state index is -4.39. The Balaban J connectivity index is 2.50. The predicted molar refractivity (Wildman–Crippen MR) is 50.4 cm³/mol. The fourth-order valence-electron chi connectivity index (χ4n) is 1.37. The predicted octanol–water partition coefficient (Wildman–Crippen LogP) is 3.16. The van der Waals surface area contributed by atoms with Gasteiger partial charge >= 0.3 is 6.18 Å². The Hall–Kier alpha value is -1.10. The monoisotopic (exact) mass is 237 g/mol. The Morgan fingerprint density at radius 2 is 2.07 bits per heavy atom. The molecule has 0 saturated carbocycles. The van der Waals surface area contributed by atoms with Gasteiger partial charge in [0, 0.05) is 6.54 Å². The topological polar surface area (TPSA) is 21.3 Å². The summed E-state index contributed by atoms with van der Waals surface area (Å²) in [6.07, 6.45) is -4.39. The van der Waals surface area contributed by atoms with E-state index in [1.165, 1.54) is 0 Å². The number of hydrogen-bond acceptors (Lipinski definition) is 2. The molecule has 2 rings (SSSR count). The van der Waals surface area contributed by atoms with Gasteiger partial charge in [0.25, 0.3) is 0 Å². The number of rotatable bonds is 0. The first-order valence-electron chi connectivity index (χ1n) is 4.26. The second-order valence-corrected chi connectivity index (χ2v) is 3.51. The highest BCUT2D eigenvalue weighted by atomic mass is 35.5. The lowest BCUT2D eigenvalue weighted by molar-refractivity contribution is -0.137. The standard InChI is InChI=1S/C9H7ClF3NO/c10-6-3-5(9(11,12)13)4-7-8(6)15-2-1-14-7/h3-4,14H,1-2H2. The van der Waals surface area contributed by atoms with Gasteiger partial charge in [0.2, 0.25) is 0 Å². The van der Waals surface area contributed by atoms with Crippen molar-refractivity contribution in [3.63, 3.8) is 0 Å². The van der Waals surface area contributed by atoms with Gasteiger partial charge in [-0.25, -0.2) is 0 Å². The van der Waals surface area contributed by atoms with E-state index in [9.17, 15) is 13.2 Å². The second kappa shape index (κ2) is 3.48. The number of fused-ring (bicyclic) bond motifs is 1. The smallest absolute Gasteiger partial charge is 0.416 e. The van der Waals surface area contributed by atoms with Crippen LogP contribution in [0.2, 0.25) is 5.02 Å². The largest absolute Gasteiger partial charge is 0.488 e. The number of halogens is 4. The molecule has 0 amide bonds. The van der Waals surface area contributed by atoms with Crippen LogP contribution in [-0.2, 0) is 6.18 Å². The molecular formula is C9H7ClF3NO. The average Bonchev–Trinajstić information content (AvgIpc) is 2.16. The van der Waals surface area contributed by atoms with Gasteiger partial charge in [0.15, 0.2) is 5.75 Å². The van der Waals surface area contributed by atoms with Crippen molar-refractivity contribution in [2.45, 2.75) is 6.18 Å². The van der Waals surface area contributed by atoms with Crippen molar-refractivity contribution >= 4 is 17.3 Å². The molecule has 0 aliphatic carbocycles. The van der Waals surface area contributed by atoms with E-state index in [1.54, 1.807) is 0 Å². The van der Waals surface area contributed by atoms with Crippen LogP contribution < -0.4 is 10.1 Å². The van der Waals surface area contributed by atoms with Crippen molar-refractivity contribution in [2.24, 2.45) is 0 Å². The van der Waals surface area contributed by atoms with E-state index < -0.39 is 11.7 Å². The molecule has 1 aliphatic heterocycles. The third-order valence-corrected chi connectivity index (χ3v) is 2.32. The van der Waals surface area contributed by atoms with Crippen molar-refractivity contribution in [3.05, 3.63) is 22.7 Å². The first-order valence-corrected chi connectivity index (χ1v) is 4.63. The molecule has 1 aliphatic rings. The van der Waals surface area contributed by atoms with Gasteiger partial charge in [-0.2, -0.15) is 13.2 Å². The molecule has 0 spiro atoms. The van der Waals surface area contributed by atoms with Crippen LogP contribution in [-0.4, -0.2) is 13.2 Å². The molecule has 0 fully saturated rings. The summed E-state index contributed by atoms with van der Waals surface area (Å²) >= 11 is 5.69. The van der Waals surface area contributed by atoms with Crippen LogP contribution >= 0.6 is 11.6 Å². The highest BCUT2D eigenvalue weighted by Gasteiger charge is 2.32. The normalized spacial score (nSPS) is 15.2. The van der Waals surface area contributed by atoms with E-state index in [2.05, 4.69) is 5.32 Å². The van der Waals surface area contributed by atoms with Crippen molar-refractivity contribution < 1.29 is 17.9 Å². The molecular weight excluding hydrogens is 231 g/mol. The van der Waals surface area contributed by atoms with Gasteiger partial charge in [0.05, 0.1) is 16.3 Å². The number of nitrogens with one attached hydrogen (secondary N) is 1. The molecule has 15 heavy (non-hydrogen) atoms. The molecule has 0 atom stereocenters. The lowest BCUT2D eigenvalue weighted by Gasteiger charge is -2.21. The summed E-state index contributed by atoms with van der Waals surface area (Å²) in [5.41, 5.74) is -0.481. The Morgan fingerprint density at radius 3 is 2.73 bits per heavy atom. The fourth-order valence-corrected chi connectivity index (χ4v) is 1.65. The van der Waals surface area contributed by atoms with Crippen LogP contribution in [0, 0.1) is 0 Å². The zero-order valence-corrected chi connectivity index (χ0v) is 8.24. The molecule has 1 heterocycles. The van der Waals surface area contributed by atoms with Gasteiger partial charge < -0.3 is 10.1 Å². The summed E-state index contributed by atoms with van der Waals surface area (Å²) in [6.45, 7) is 0.878.